The van der Waals surface area contributed by atoms with E-state index in [-0.39, 0.29) is 5.56 Å². The number of carbonyl (C=O) groups excluding carboxylic acids is 1. The highest BCUT2D eigenvalue weighted by atomic mass is 32.2. The second-order valence-electron chi connectivity index (χ2n) is 3.67. The summed E-state index contributed by atoms with van der Waals surface area (Å²) in [6.07, 6.45) is 0. The van der Waals surface area contributed by atoms with Crippen molar-refractivity contribution >= 4 is 23.4 Å². The molecular formula is C13H8FNOS. The summed E-state index contributed by atoms with van der Waals surface area (Å²) in [6.45, 7) is 0. The van der Waals surface area contributed by atoms with Crippen LogP contribution < -0.4 is 5.32 Å². The van der Waals surface area contributed by atoms with E-state index in [0.717, 1.165) is 10.6 Å². The van der Waals surface area contributed by atoms with Crippen LogP contribution in [0.5, 0.6) is 0 Å². The number of amides is 1. The van der Waals surface area contributed by atoms with Crippen LogP contribution in [0.3, 0.4) is 0 Å². The molecule has 0 spiro atoms. The van der Waals surface area contributed by atoms with Gasteiger partial charge in [0.2, 0.25) is 0 Å². The summed E-state index contributed by atoms with van der Waals surface area (Å²) >= 11 is 1.40. The maximum absolute atomic E-state index is 13.7. The summed E-state index contributed by atoms with van der Waals surface area (Å²) in [5.74, 6) is -0.879. The Balaban J connectivity index is 2.21. The number of fused-ring (bicyclic) bond motifs is 2. The van der Waals surface area contributed by atoms with E-state index in [1.54, 1.807) is 12.1 Å². The summed E-state index contributed by atoms with van der Waals surface area (Å²) in [6, 6.07) is 12.1. The summed E-state index contributed by atoms with van der Waals surface area (Å²) in [5, 5.41) is 2.72. The van der Waals surface area contributed by atoms with E-state index in [1.165, 1.54) is 17.8 Å². The second-order valence-corrected chi connectivity index (χ2v) is 4.75. The van der Waals surface area contributed by atoms with Gasteiger partial charge >= 0.3 is 0 Å². The average Bonchev–Trinajstić information content (AvgIpc) is 2.45. The molecule has 2 nitrogen and oxygen atoms in total. The minimum Gasteiger partial charge on any atom is -0.321 e. The highest BCUT2D eigenvalue weighted by Gasteiger charge is 2.22. The molecule has 17 heavy (non-hydrogen) atoms. The predicted molar refractivity (Wildman–Crippen MR) is 64.9 cm³/mol. The van der Waals surface area contributed by atoms with Crippen LogP contribution in [0, 0.1) is 5.82 Å². The third kappa shape index (κ3) is 1.70. The molecule has 0 saturated carbocycles. The normalized spacial score (nSPS) is 13.4. The van der Waals surface area contributed by atoms with Gasteiger partial charge in [0, 0.05) is 9.79 Å². The van der Waals surface area contributed by atoms with Gasteiger partial charge in [-0.3, -0.25) is 4.79 Å². The molecule has 1 aliphatic rings. The highest BCUT2D eigenvalue weighted by molar-refractivity contribution is 7.99. The van der Waals surface area contributed by atoms with E-state index in [0.29, 0.717) is 4.90 Å². The third-order valence-electron chi connectivity index (χ3n) is 2.56. The Morgan fingerprint density at radius 1 is 1.00 bits per heavy atom. The molecule has 0 saturated heterocycles. The zero-order valence-electron chi connectivity index (χ0n) is 8.74. The van der Waals surface area contributed by atoms with Crippen LogP contribution in [0.25, 0.3) is 0 Å². The molecular weight excluding hydrogens is 237 g/mol. The molecule has 2 aromatic rings. The van der Waals surface area contributed by atoms with Crippen molar-refractivity contribution in [1.29, 1.82) is 0 Å². The van der Waals surface area contributed by atoms with Crippen LogP contribution in [0.15, 0.2) is 52.3 Å². The molecule has 0 radical (unpaired) electrons. The summed E-state index contributed by atoms with van der Waals surface area (Å²) in [5.41, 5.74) is 0.840. The first-order valence-electron chi connectivity index (χ1n) is 5.12. The van der Waals surface area contributed by atoms with Gasteiger partial charge < -0.3 is 5.32 Å². The van der Waals surface area contributed by atoms with E-state index >= 15 is 0 Å². The van der Waals surface area contributed by atoms with Gasteiger partial charge in [0.1, 0.15) is 5.82 Å². The highest BCUT2D eigenvalue weighted by Crippen LogP contribution is 2.38. The first-order valence-corrected chi connectivity index (χ1v) is 5.94. The van der Waals surface area contributed by atoms with Crippen LogP contribution >= 0.6 is 11.8 Å². The number of nitrogens with one attached hydrogen (secondary N) is 1. The SMILES string of the molecule is O=C1Nc2ccccc2Sc2cccc(F)c21. The lowest BCUT2D eigenvalue weighted by Gasteiger charge is -2.04. The molecule has 0 unspecified atom stereocenters. The number of para-hydroxylation sites is 1. The zero-order valence-corrected chi connectivity index (χ0v) is 9.55. The topological polar surface area (TPSA) is 29.1 Å². The number of rotatable bonds is 0. The van der Waals surface area contributed by atoms with E-state index in [4.69, 9.17) is 0 Å². The molecule has 1 heterocycles. The largest absolute Gasteiger partial charge is 0.321 e. The van der Waals surface area contributed by atoms with Crippen molar-refractivity contribution < 1.29 is 9.18 Å². The van der Waals surface area contributed by atoms with Gasteiger partial charge in [0.15, 0.2) is 0 Å². The molecule has 1 amide bonds. The fourth-order valence-corrected chi connectivity index (χ4v) is 2.82. The number of halogens is 1. The Bertz CT molecular complexity index is 612. The molecule has 4 heteroatoms. The lowest BCUT2D eigenvalue weighted by atomic mass is 10.2. The van der Waals surface area contributed by atoms with Gasteiger partial charge in [0.05, 0.1) is 11.3 Å². The standard InChI is InChI=1S/C13H8FNOS/c14-8-4-3-7-11-12(8)13(16)15-9-5-1-2-6-10(9)17-11/h1-7H,(H,15,16). The van der Waals surface area contributed by atoms with Crippen molar-refractivity contribution in [2.75, 3.05) is 5.32 Å². The molecule has 0 fully saturated rings. The molecule has 2 aromatic carbocycles. The average molecular weight is 245 g/mol. The van der Waals surface area contributed by atoms with Crippen LogP contribution in [0.1, 0.15) is 10.4 Å². The fourth-order valence-electron chi connectivity index (χ4n) is 1.77. The Hall–Kier alpha value is -1.81. The van der Waals surface area contributed by atoms with Crippen molar-refractivity contribution in [3.8, 4) is 0 Å². The van der Waals surface area contributed by atoms with Crippen LogP contribution in [-0.2, 0) is 0 Å². The van der Waals surface area contributed by atoms with Crippen molar-refractivity contribution in [3.05, 3.63) is 53.8 Å². The minimum atomic E-state index is -0.486. The van der Waals surface area contributed by atoms with Crippen LogP contribution in [0.2, 0.25) is 0 Å². The van der Waals surface area contributed by atoms with Crippen molar-refractivity contribution in [2.45, 2.75) is 9.79 Å². The van der Waals surface area contributed by atoms with Gasteiger partial charge in [-0.25, -0.2) is 4.39 Å². The summed E-state index contributed by atoms with van der Waals surface area (Å²) in [7, 11) is 0. The van der Waals surface area contributed by atoms with Crippen molar-refractivity contribution in [1.82, 2.24) is 0 Å². The van der Waals surface area contributed by atoms with Crippen LogP contribution in [-0.4, -0.2) is 5.91 Å². The number of hydrogen-bond donors (Lipinski definition) is 1. The number of carbonyl (C=O) groups is 1. The smallest absolute Gasteiger partial charge is 0.259 e. The first-order chi connectivity index (χ1) is 8.25. The summed E-state index contributed by atoms with van der Waals surface area (Å²) in [4.78, 5) is 13.5. The minimum absolute atomic E-state index is 0.119. The second kappa shape index (κ2) is 3.89. The fraction of sp³-hybridized carbons (Fsp3) is 0. The van der Waals surface area contributed by atoms with E-state index < -0.39 is 11.7 Å². The Labute approximate surface area is 102 Å². The van der Waals surface area contributed by atoms with E-state index in [9.17, 15) is 9.18 Å². The Morgan fingerprint density at radius 3 is 2.65 bits per heavy atom. The van der Waals surface area contributed by atoms with E-state index in [1.807, 2.05) is 24.3 Å². The van der Waals surface area contributed by atoms with Gasteiger partial charge in [-0.05, 0) is 24.3 Å². The predicted octanol–water partition coefficient (Wildman–Crippen LogP) is 3.54. The van der Waals surface area contributed by atoms with Crippen LogP contribution in [0.4, 0.5) is 10.1 Å². The number of hydrogen-bond acceptors (Lipinski definition) is 2. The molecule has 1 N–H and O–H groups in total. The lowest BCUT2D eigenvalue weighted by Crippen LogP contribution is -2.13. The molecule has 3 rings (SSSR count). The quantitative estimate of drug-likeness (QED) is 0.769. The maximum Gasteiger partial charge on any atom is 0.259 e. The molecule has 0 aliphatic carbocycles. The Kier molecular flexibility index (Phi) is 2.37. The number of anilines is 1. The Morgan fingerprint density at radius 2 is 1.76 bits per heavy atom. The van der Waals surface area contributed by atoms with Gasteiger partial charge in [-0.15, -0.1) is 0 Å². The maximum atomic E-state index is 13.7. The number of benzene rings is 2. The first kappa shape index (κ1) is 10.4. The van der Waals surface area contributed by atoms with Crippen molar-refractivity contribution in [3.63, 3.8) is 0 Å². The van der Waals surface area contributed by atoms with Gasteiger partial charge in [-0.1, -0.05) is 30.0 Å². The van der Waals surface area contributed by atoms with Gasteiger partial charge in [-0.2, -0.15) is 0 Å². The van der Waals surface area contributed by atoms with Gasteiger partial charge in [0.25, 0.3) is 5.91 Å². The zero-order chi connectivity index (χ0) is 11.8. The molecule has 0 atom stereocenters. The lowest BCUT2D eigenvalue weighted by molar-refractivity contribution is 0.102. The van der Waals surface area contributed by atoms with E-state index in [2.05, 4.69) is 5.32 Å². The monoisotopic (exact) mass is 245 g/mol. The molecule has 1 aliphatic heterocycles. The molecule has 84 valence electrons. The summed E-state index contributed by atoms with van der Waals surface area (Å²) < 4.78 is 13.7. The van der Waals surface area contributed by atoms with Crippen molar-refractivity contribution in [2.24, 2.45) is 0 Å². The molecule has 0 bridgehead atoms. The molecule has 0 aromatic heterocycles. The third-order valence-corrected chi connectivity index (χ3v) is 3.69.